The maximum Gasteiger partial charge on any atom is -0.00192 e. The second-order valence-electron chi connectivity index (χ2n) is 4.96. The van der Waals surface area contributed by atoms with E-state index in [1.165, 1.54) is 11.1 Å². The highest BCUT2D eigenvalue weighted by Gasteiger charge is 2.04. The normalized spacial score (nSPS) is 9.90. The topological polar surface area (TPSA) is 0 Å². The fourth-order valence-corrected chi connectivity index (χ4v) is 2.41. The molecule has 0 radical (unpaired) electrons. The summed E-state index contributed by atoms with van der Waals surface area (Å²) in [6, 6.07) is 12.7. The van der Waals surface area contributed by atoms with Gasteiger partial charge in [-0.2, -0.15) is 0 Å². The first-order chi connectivity index (χ1) is 10.2. The van der Waals surface area contributed by atoms with E-state index in [0.29, 0.717) is 0 Å². The van der Waals surface area contributed by atoms with E-state index in [1.54, 1.807) is 0 Å². The third-order valence-corrected chi connectivity index (χ3v) is 3.53. The van der Waals surface area contributed by atoms with Gasteiger partial charge in [0.25, 0.3) is 0 Å². The van der Waals surface area contributed by atoms with E-state index in [1.807, 2.05) is 24.3 Å². The zero-order valence-corrected chi connectivity index (χ0v) is 12.3. The van der Waals surface area contributed by atoms with Crippen LogP contribution in [0.15, 0.2) is 62.7 Å². The maximum atomic E-state index is 3.90. The molecule has 0 bridgehead atoms. The van der Waals surface area contributed by atoms with E-state index in [0.717, 1.165) is 28.7 Å². The SMILES string of the molecule is C=Cc1cc(C=C)cc(Cc2cc(C=C)ccc2C=C)c1. The third-order valence-electron chi connectivity index (χ3n) is 3.53. The largest absolute Gasteiger partial charge is 0.0985 e. The van der Waals surface area contributed by atoms with Crippen molar-refractivity contribution < 1.29 is 0 Å². The molecule has 0 unspecified atom stereocenters. The van der Waals surface area contributed by atoms with Crippen LogP contribution in [0, 0.1) is 0 Å². The van der Waals surface area contributed by atoms with Gasteiger partial charge in [0.05, 0.1) is 0 Å². The number of hydrogen-bond acceptors (Lipinski definition) is 0. The van der Waals surface area contributed by atoms with Crippen LogP contribution in [0.2, 0.25) is 0 Å². The van der Waals surface area contributed by atoms with Crippen molar-refractivity contribution in [2.45, 2.75) is 6.42 Å². The fraction of sp³-hybridized carbons (Fsp3) is 0.0476. The van der Waals surface area contributed by atoms with Gasteiger partial charge in [0.2, 0.25) is 0 Å². The summed E-state index contributed by atoms with van der Waals surface area (Å²) in [5.41, 5.74) is 7.00. The molecule has 0 heterocycles. The zero-order chi connectivity index (χ0) is 15.2. The third kappa shape index (κ3) is 3.49. The van der Waals surface area contributed by atoms with Crippen LogP contribution in [0.4, 0.5) is 0 Å². The summed E-state index contributed by atoms with van der Waals surface area (Å²) >= 11 is 0. The molecule has 0 spiro atoms. The minimum Gasteiger partial charge on any atom is -0.0985 e. The molecule has 0 saturated heterocycles. The van der Waals surface area contributed by atoms with Crippen LogP contribution < -0.4 is 0 Å². The average Bonchev–Trinajstić information content (AvgIpc) is 2.54. The Labute approximate surface area is 127 Å². The first-order valence-corrected chi connectivity index (χ1v) is 6.96. The Kier molecular flexibility index (Phi) is 4.73. The summed E-state index contributed by atoms with van der Waals surface area (Å²) in [4.78, 5) is 0. The van der Waals surface area contributed by atoms with Gasteiger partial charge in [0, 0.05) is 0 Å². The molecule has 0 atom stereocenters. The Morgan fingerprint density at radius 1 is 0.667 bits per heavy atom. The lowest BCUT2D eigenvalue weighted by Gasteiger charge is -2.10. The van der Waals surface area contributed by atoms with Gasteiger partial charge < -0.3 is 0 Å². The monoisotopic (exact) mass is 272 g/mol. The van der Waals surface area contributed by atoms with Crippen LogP contribution in [0.5, 0.6) is 0 Å². The lowest BCUT2D eigenvalue weighted by atomic mass is 9.95. The predicted octanol–water partition coefficient (Wildman–Crippen LogP) is 5.85. The molecule has 0 aliphatic carbocycles. The second kappa shape index (κ2) is 6.71. The standard InChI is InChI=1S/C21H20/c1-5-16-9-10-20(8-4)21(14-16)15-19-12-17(6-2)11-18(7-3)13-19/h5-14H,1-4,15H2. The van der Waals surface area contributed by atoms with Crippen molar-refractivity contribution in [2.75, 3.05) is 0 Å². The van der Waals surface area contributed by atoms with Gasteiger partial charge in [-0.25, -0.2) is 0 Å². The van der Waals surface area contributed by atoms with Gasteiger partial charge in [-0.05, 0) is 45.9 Å². The Morgan fingerprint density at radius 3 is 1.81 bits per heavy atom. The van der Waals surface area contributed by atoms with Crippen LogP contribution in [0.25, 0.3) is 24.3 Å². The van der Waals surface area contributed by atoms with Gasteiger partial charge in [-0.15, -0.1) is 0 Å². The molecular weight excluding hydrogens is 252 g/mol. The Balaban J connectivity index is 2.45. The first kappa shape index (κ1) is 14.8. The molecule has 0 aliphatic heterocycles. The van der Waals surface area contributed by atoms with E-state index < -0.39 is 0 Å². The van der Waals surface area contributed by atoms with E-state index in [4.69, 9.17) is 0 Å². The van der Waals surface area contributed by atoms with Crippen LogP contribution in [0.3, 0.4) is 0 Å². The molecule has 0 amide bonds. The fourth-order valence-electron chi connectivity index (χ4n) is 2.41. The van der Waals surface area contributed by atoms with E-state index >= 15 is 0 Å². The molecule has 2 aromatic rings. The molecule has 0 fully saturated rings. The van der Waals surface area contributed by atoms with Crippen molar-refractivity contribution in [1.82, 2.24) is 0 Å². The Hall–Kier alpha value is -2.60. The molecule has 104 valence electrons. The molecule has 21 heavy (non-hydrogen) atoms. The highest BCUT2D eigenvalue weighted by Crippen LogP contribution is 2.21. The average molecular weight is 272 g/mol. The summed E-state index contributed by atoms with van der Waals surface area (Å²) in [6.45, 7) is 15.4. The summed E-state index contributed by atoms with van der Waals surface area (Å²) in [5, 5.41) is 0. The predicted molar refractivity (Wildman–Crippen MR) is 96.1 cm³/mol. The molecule has 0 N–H and O–H groups in total. The van der Waals surface area contributed by atoms with E-state index in [9.17, 15) is 0 Å². The van der Waals surface area contributed by atoms with Gasteiger partial charge in [0.1, 0.15) is 0 Å². The van der Waals surface area contributed by atoms with Crippen molar-refractivity contribution in [3.63, 3.8) is 0 Å². The lowest BCUT2D eigenvalue weighted by molar-refractivity contribution is 1.18. The summed E-state index contributed by atoms with van der Waals surface area (Å²) in [6.07, 6.45) is 8.35. The number of hydrogen-bond donors (Lipinski definition) is 0. The number of rotatable bonds is 6. The smallest absolute Gasteiger partial charge is 0.00192 e. The van der Waals surface area contributed by atoms with Crippen LogP contribution in [0.1, 0.15) is 33.4 Å². The van der Waals surface area contributed by atoms with Crippen molar-refractivity contribution >= 4 is 24.3 Å². The van der Waals surface area contributed by atoms with E-state index in [2.05, 4.69) is 62.7 Å². The highest BCUT2D eigenvalue weighted by molar-refractivity contribution is 5.61. The molecule has 2 rings (SSSR count). The highest BCUT2D eigenvalue weighted by atomic mass is 14.1. The van der Waals surface area contributed by atoms with Crippen LogP contribution in [-0.2, 0) is 6.42 Å². The summed E-state index contributed by atoms with van der Waals surface area (Å²) in [5.74, 6) is 0. The molecule has 0 aliphatic rings. The minimum absolute atomic E-state index is 0.853. The minimum atomic E-state index is 0.853. The van der Waals surface area contributed by atoms with Crippen molar-refractivity contribution in [3.05, 3.63) is 96.1 Å². The van der Waals surface area contributed by atoms with Crippen LogP contribution >= 0.6 is 0 Å². The van der Waals surface area contributed by atoms with Gasteiger partial charge in [-0.1, -0.05) is 81.0 Å². The van der Waals surface area contributed by atoms with E-state index in [-0.39, 0.29) is 0 Å². The molecule has 2 aromatic carbocycles. The lowest BCUT2D eigenvalue weighted by Crippen LogP contribution is -1.94. The molecule has 0 aromatic heterocycles. The number of benzene rings is 2. The first-order valence-electron chi connectivity index (χ1n) is 6.96. The maximum absolute atomic E-state index is 3.90. The van der Waals surface area contributed by atoms with Crippen LogP contribution in [-0.4, -0.2) is 0 Å². The van der Waals surface area contributed by atoms with Crippen molar-refractivity contribution in [3.8, 4) is 0 Å². The summed E-state index contributed by atoms with van der Waals surface area (Å²) < 4.78 is 0. The Morgan fingerprint density at radius 2 is 1.29 bits per heavy atom. The van der Waals surface area contributed by atoms with Crippen molar-refractivity contribution in [2.24, 2.45) is 0 Å². The van der Waals surface area contributed by atoms with Gasteiger partial charge >= 0.3 is 0 Å². The quantitative estimate of drug-likeness (QED) is 0.618. The molecule has 0 heteroatoms. The Bertz CT molecular complexity index is 676. The summed E-state index contributed by atoms with van der Waals surface area (Å²) in [7, 11) is 0. The van der Waals surface area contributed by atoms with Crippen molar-refractivity contribution in [1.29, 1.82) is 0 Å². The molecular formula is C21H20. The second-order valence-corrected chi connectivity index (χ2v) is 4.96. The van der Waals surface area contributed by atoms with Gasteiger partial charge in [0.15, 0.2) is 0 Å². The van der Waals surface area contributed by atoms with Gasteiger partial charge in [-0.3, -0.25) is 0 Å². The molecule has 0 saturated carbocycles. The zero-order valence-electron chi connectivity index (χ0n) is 12.3. The molecule has 0 nitrogen and oxygen atoms in total.